The Hall–Kier alpha value is -3.03. The molecule has 8 heteroatoms. The number of hydrogen-bond donors (Lipinski definition) is 2. The van der Waals surface area contributed by atoms with Gasteiger partial charge in [-0.25, -0.2) is 18.8 Å². The van der Waals surface area contributed by atoms with Gasteiger partial charge < -0.3 is 15.3 Å². The number of rotatable bonds is 3. The van der Waals surface area contributed by atoms with Crippen molar-refractivity contribution in [3.63, 3.8) is 0 Å². The van der Waals surface area contributed by atoms with Gasteiger partial charge in [-0.15, -0.1) is 0 Å². The first-order valence-corrected chi connectivity index (χ1v) is 10.5. The summed E-state index contributed by atoms with van der Waals surface area (Å²) >= 11 is 0. The minimum Gasteiger partial charge on any atom is -0.493 e. The standard InChI is InChI=1S/C23H24F2N4O2/c1-12-8-18-20-15(13(2)16(20)10-19(30)27-18)9-17(12)28-22(31)14-4-3-6-26-21(14)29-7-5-23(24,25)11-29/h3-4,6,9-10,12,16,20,30H,5,7-8,11H2,1-2H3,(H,28,31)/t12?,16?,20-/m1/s1. The highest BCUT2D eigenvalue weighted by molar-refractivity contribution is 6.00. The SMILES string of the molecule is CC1=C2C=C(NC(=O)c3cccnc3N3CCC(F)(F)C3)C(C)CC3=NC(O)=CC1[C@H]32. The lowest BCUT2D eigenvalue weighted by atomic mass is 9.65. The van der Waals surface area contributed by atoms with E-state index in [0.29, 0.717) is 6.42 Å². The number of aromatic nitrogens is 1. The summed E-state index contributed by atoms with van der Waals surface area (Å²) < 4.78 is 27.4. The number of aliphatic hydroxyl groups is 1. The van der Waals surface area contributed by atoms with Gasteiger partial charge in [0.15, 0.2) is 0 Å². The summed E-state index contributed by atoms with van der Waals surface area (Å²) in [5, 5.41) is 13.0. The van der Waals surface area contributed by atoms with E-state index in [2.05, 4.69) is 15.3 Å². The van der Waals surface area contributed by atoms with E-state index < -0.39 is 12.5 Å². The van der Waals surface area contributed by atoms with Gasteiger partial charge in [-0.05, 0) is 43.2 Å². The zero-order valence-corrected chi connectivity index (χ0v) is 17.4. The number of alkyl halides is 2. The fourth-order valence-electron chi connectivity index (χ4n) is 5.02. The summed E-state index contributed by atoms with van der Waals surface area (Å²) in [5.74, 6) is -2.52. The van der Waals surface area contributed by atoms with Gasteiger partial charge in [0.05, 0.1) is 12.1 Å². The third-order valence-corrected chi connectivity index (χ3v) is 6.71. The molecular weight excluding hydrogens is 402 g/mol. The van der Waals surface area contributed by atoms with Crippen molar-refractivity contribution >= 4 is 17.4 Å². The molecule has 2 N–H and O–H groups in total. The number of anilines is 1. The molecule has 1 aromatic rings. The van der Waals surface area contributed by atoms with Gasteiger partial charge in [-0.1, -0.05) is 12.5 Å². The van der Waals surface area contributed by atoms with Crippen molar-refractivity contribution in [2.45, 2.75) is 32.6 Å². The van der Waals surface area contributed by atoms with Gasteiger partial charge in [0.25, 0.3) is 11.8 Å². The van der Waals surface area contributed by atoms with E-state index in [0.717, 1.165) is 22.6 Å². The van der Waals surface area contributed by atoms with Crippen molar-refractivity contribution in [3.8, 4) is 0 Å². The molecule has 0 saturated carbocycles. The molecule has 162 valence electrons. The maximum atomic E-state index is 13.7. The molecule has 0 radical (unpaired) electrons. The fraction of sp³-hybridized carbons (Fsp3) is 0.435. The molecule has 5 rings (SSSR count). The summed E-state index contributed by atoms with van der Waals surface area (Å²) in [6.07, 6.45) is 5.69. The summed E-state index contributed by atoms with van der Waals surface area (Å²) in [6, 6.07) is 3.25. The first-order valence-electron chi connectivity index (χ1n) is 10.5. The lowest BCUT2D eigenvalue weighted by Gasteiger charge is -2.40. The molecular formula is C23H24F2N4O2. The molecule has 1 fully saturated rings. The monoisotopic (exact) mass is 426 g/mol. The Morgan fingerprint density at radius 2 is 2.19 bits per heavy atom. The second-order valence-corrected chi connectivity index (χ2v) is 8.83. The zero-order valence-electron chi connectivity index (χ0n) is 17.4. The Balaban J connectivity index is 1.42. The van der Waals surface area contributed by atoms with Crippen LogP contribution in [0.3, 0.4) is 0 Å². The molecule has 4 aliphatic rings. The minimum atomic E-state index is -2.77. The summed E-state index contributed by atoms with van der Waals surface area (Å²) in [7, 11) is 0. The normalized spacial score (nSPS) is 28.7. The molecule has 1 aromatic heterocycles. The molecule has 0 spiro atoms. The molecule has 2 aliphatic carbocycles. The van der Waals surface area contributed by atoms with Crippen LogP contribution in [-0.4, -0.2) is 40.7 Å². The number of nitrogens with zero attached hydrogens (tertiary/aromatic N) is 3. The van der Waals surface area contributed by atoms with Crippen LogP contribution >= 0.6 is 0 Å². The Morgan fingerprint density at radius 3 is 2.94 bits per heavy atom. The van der Waals surface area contributed by atoms with Crippen LogP contribution in [0.2, 0.25) is 0 Å². The molecule has 0 bridgehead atoms. The predicted molar refractivity (Wildman–Crippen MR) is 113 cm³/mol. The second kappa shape index (κ2) is 7.00. The topological polar surface area (TPSA) is 77.8 Å². The first kappa shape index (κ1) is 19.9. The number of amides is 1. The molecule has 2 unspecified atom stereocenters. The van der Waals surface area contributed by atoms with Gasteiger partial charge >= 0.3 is 0 Å². The Labute approximate surface area is 179 Å². The van der Waals surface area contributed by atoms with E-state index in [1.165, 1.54) is 11.1 Å². The predicted octanol–water partition coefficient (Wildman–Crippen LogP) is 4.00. The molecule has 0 aromatic carbocycles. The third kappa shape index (κ3) is 3.34. The third-order valence-electron chi connectivity index (χ3n) is 6.71. The Bertz CT molecular complexity index is 1090. The number of aliphatic imine (C=N–C) groups is 1. The molecule has 1 saturated heterocycles. The van der Waals surface area contributed by atoms with E-state index in [4.69, 9.17) is 0 Å². The maximum absolute atomic E-state index is 13.7. The number of carbonyl (C=O) groups excluding carboxylic acids is 1. The Kier molecular flexibility index (Phi) is 4.50. The van der Waals surface area contributed by atoms with Crippen LogP contribution in [-0.2, 0) is 0 Å². The molecule has 6 nitrogen and oxygen atoms in total. The van der Waals surface area contributed by atoms with Crippen molar-refractivity contribution in [3.05, 3.63) is 58.8 Å². The average molecular weight is 426 g/mol. The first-order chi connectivity index (χ1) is 14.7. The van der Waals surface area contributed by atoms with Crippen molar-refractivity contribution in [1.29, 1.82) is 0 Å². The summed E-state index contributed by atoms with van der Waals surface area (Å²) in [5.41, 5.74) is 4.25. The number of aliphatic hydroxyl groups excluding tert-OH is 1. The van der Waals surface area contributed by atoms with Crippen molar-refractivity contribution in [2.24, 2.45) is 22.7 Å². The second-order valence-electron chi connectivity index (χ2n) is 8.83. The molecule has 3 atom stereocenters. The minimum absolute atomic E-state index is 0.0172. The van der Waals surface area contributed by atoms with Crippen LogP contribution in [0.4, 0.5) is 14.6 Å². The molecule has 31 heavy (non-hydrogen) atoms. The van der Waals surface area contributed by atoms with E-state index >= 15 is 0 Å². The number of pyridine rings is 1. The van der Waals surface area contributed by atoms with Crippen LogP contribution in [0.5, 0.6) is 0 Å². The van der Waals surface area contributed by atoms with Crippen LogP contribution < -0.4 is 10.2 Å². The van der Waals surface area contributed by atoms with Gasteiger partial charge in [-0.3, -0.25) is 4.79 Å². The molecule has 3 heterocycles. The van der Waals surface area contributed by atoms with Crippen molar-refractivity contribution in [2.75, 3.05) is 18.0 Å². The Morgan fingerprint density at radius 1 is 1.39 bits per heavy atom. The number of allylic oxidation sites excluding steroid dienone is 5. The van der Waals surface area contributed by atoms with Gasteiger partial charge in [0.1, 0.15) is 5.82 Å². The highest BCUT2D eigenvalue weighted by atomic mass is 19.3. The number of nitrogens with one attached hydrogen (secondary N) is 1. The van der Waals surface area contributed by atoms with E-state index in [9.17, 15) is 18.7 Å². The fourth-order valence-corrected chi connectivity index (χ4v) is 5.02. The van der Waals surface area contributed by atoms with Gasteiger partial charge in [0.2, 0.25) is 5.88 Å². The highest BCUT2D eigenvalue weighted by Crippen LogP contribution is 2.49. The molecule has 2 aliphatic heterocycles. The maximum Gasteiger partial charge on any atom is 0.266 e. The number of halogens is 2. The zero-order chi connectivity index (χ0) is 21.9. The van der Waals surface area contributed by atoms with E-state index in [1.807, 2.05) is 19.9 Å². The quantitative estimate of drug-likeness (QED) is 0.766. The number of carbonyl (C=O) groups is 1. The van der Waals surface area contributed by atoms with E-state index in [1.54, 1.807) is 18.2 Å². The van der Waals surface area contributed by atoms with Crippen LogP contribution in [0.25, 0.3) is 0 Å². The number of hydrogen-bond acceptors (Lipinski definition) is 5. The summed E-state index contributed by atoms with van der Waals surface area (Å²) in [6.45, 7) is 3.76. The molecule has 1 amide bonds. The average Bonchev–Trinajstić information content (AvgIpc) is 3.03. The smallest absolute Gasteiger partial charge is 0.266 e. The van der Waals surface area contributed by atoms with Crippen LogP contribution in [0.1, 0.15) is 37.0 Å². The summed E-state index contributed by atoms with van der Waals surface area (Å²) in [4.78, 5) is 23.2. The van der Waals surface area contributed by atoms with Crippen molar-refractivity contribution in [1.82, 2.24) is 10.3 Å². The van der Waals surface area contributed by atoms with Gasteiger partial charge in [-0.2, -0.15) is 0 Å². The largest absolute Gasteiger partial charge is 0.493 e. The lowest BCUT2D eigenvalue weighted by molar-refractivity contribution is 0.0256. The lowest BCUT2D eigenvalue weighted by Crippen LogP contribution is -2.36. The van der Waals surface area contributed by atoms with E-state index in [-0.39, 0.29) is 53.9 Å². The van der Waals surface area contributed by atoms with Crippen LogP contribution in [0.15, 0.2) is 58.2 Å². The highest BCUT2D eigenvalue weighted by Gasteiger charge is 2.44. The van der Waals surface area contributed by atoms with Crippen LogP contribution in [0, 0.1) is 17.8 Å². The van der Waals surface area contributed by atoms with Gasteiger partial charge in [0, 0.05) is 48.3 Å². The van der Waals surface area contributed by atoms with Crippen molar-refractivity contribution < 1.29 is 18.7 Å².